The summed E-state index contributed by atoms with van der Waals surface area (Å²) in [6.45, 7) is 6.26. The normalized spacial score (nSPS) is 12.1. The first-order valence-corrected chi connectivity index (χ1v) is 10.1. The summed E-state index contributed by atoms with van der Waals surface area (Å²) in [7, 11) is -3.86. The number of aromatic hydroxyl groups is 1. The average Bonchev–Trinajstić information content (AvgIpc) is 3.01. The molecule has 2 N–H and O–H groups in total. The lowest BCUT2D eigenvalue weighted by Crippen LogP contribution is -2.20. The second kappa shape index (κ2) is 7.08. The molecule has 1 heterocycles. The van der Waals surface area contributed by atoms with E-state index in [1.165, 1.54) is 12.1 Å². The van der Waals surface area contributed by atoms with E-state index in [4.69, 9.17) is 0 Å². The molecule has 1 aromatic heterocycles. The molecule has 27 heavy (non-hydrogen) atoms. The third-order valence-corrected chi connectivity index (χ3v) is 5.40. The fraction of sp³-hybridized carbons (Fsp3) is 0.250. The predicted molar refractivity (Wildman–Crippen MR) is 105 cm³/mol. The Labute approximate surface area is 159 Å². The minimum absolute atomic E-state index is 0.00832. The summed E-state index contributed by atoms with van der Waals surface area (Å²) in [6, 6.07) is 15.8. The van der Waals surface area contributed by atoms with Gasteiger partial charge in [0.25, 0.3) is 10.0 Å². The number of nitrogens with one attached hydrogen (secondary N) is 1. The van der Waals surface area contributed by atoms with E-state index in [1.807, 2.05) is 51.1 Å². The van der Waals surface area contributed by atoms with Gasteiger partial charge in [0.2, 0.25) is 0 Å². The molecule has 0 unspecified atom stereocenters. The van der Waals surface area contributed by atoms with Crippen LogP contribution in [0.25, 0.3) is 0 Å². The van der Waals surface area contributed by atoms with Crippen LogP contribution in [0.15, 0.2) is 65.7 Å². The van der Waals surface area contributed by atoms with E-state index in [1.54, 1.807) is 23.0 Å². The quantitative estimate of drug-likeness (QED) is 0.701. The Morgan fingerprint density at radius 2 is 1.78 bits per heavy atom. The maximum atomic E-state index is 13.0. The molecule has 0 amide bonds. The fourth-order valence-corrected chi connectivity index (χ4v) is 4.16. The Balaban J connectivity index is 1.99. The number of aromatic nitrogens is 2. The molecule has 0 saturated carbocycles. The number of nitrogens with zero attached hydrogens (tertiary/aromatic N) is 2. The van der Waals surface area contributed by atoms with E-state index in [9.17, 15) is 13.5 Å². The standard InChI is InChI=1S/C20H23N3O3S/c1-20(2,3)19-18(14-23(21-19)13-15-8-5-4-6-9-15)27(25,26)22-16-10-7-11-17(24)12-16/h4-12,14,22,24H,13H2,1-3H3. The summed E-state index contributed by atoms with van der Waals surface area (Å²) in [5.74, 6) is -0.00832. The van der Waals surface area contributed by atoms with Gasteiger partial charge >= 0.3 is 0 Å². The van der Waals surface area contributed by atoms with Crippen LogP contribution >= 0.6 is 0 Å². The van der Waals surface area contributed by atoms with E-state index < -0.39 is 15.4 Å². The van der Waals surface area contributed by atoms with Gasteiger partial charge in [-0.3, -0.25) is 9.40 Å². The number of hydrogen-bond acceptors (Lipinski definition) is 4. The lowest BCUT2D eigenvalue weighted by molar-refractivity contribution is 0.475. The van der Waals surface area contributed by atoms with Gasteiger partial charge < -0.3 is 5.11 Å². The lowest BCUT2D eigenvalue weighted by atomic mass is 9.92. The third-order valence-electron chi connectivity index (χ3n) is 4.01. The summed E-state index contributed by atoms with van der Waals surface area (Å²) < 4.78 is 30.2. The highest BCUT2D eigenvalue weighted by molar-refractivity contribution is 7.92. The molecule has 0 fully saturated rings. The van der Waals surface area contributed by atoms with Crippen molar-refractivity contribution in [2.75, 3.05) is 4.72 Å². The van der Waals surface area contributed by atoms with Gasteiger partial charge in [0.1, 0.15) is 10.6 Å². The highest BCUT2D eigenvalue weighted by Crippen LogP contribution is 2.29. The zero-order chi connectivity index (χ0) is 19.7. The highest BCUT2D eigenvalue weighted by Gasteiger charge is 2.30. The first-order valence-electron chi connectivity index (χ1n) is 8.59. The first-order chi connectivity index (χ1) is 12.6. The summed E-state index contributed by atoms with van der Waals surface area (Å²) in [4.78, 5) is 0.134. The molecule has 0 atom stereocenters. The summed E-state index contributed by atoms with van der Waals surface area (Å²) in [5.41, 5.74) is 1.37. The van der Waals surface area contributed by atoms with Crippen LogP contribution in [0.3, 0.4) is 0 Å². The Bertz CT molecular complexity index is 1040. The van der Waals surface area contributed by atoms with Gasteiger partial charge in [0, 0.05) is 17.7 Å². The van der Waals surface area contributed by atoms with Crippen molar-refractivity contribution in [2.24, 2.45) is 0 Å². The highest BCUT2D eigenvalue weighted by atomic mass is 32.2. The summed E-state index contributed by atoms with van der Waals surface area (Å²) in [5, 5.41) is 14.1. The Hall–Kier alpha value is -2.80. The maximum absolute atomic E-state index is 13.0. The van der Waals surface area contributed by atoms with Crippen LogP contribution in [0.1, 0.15) is 32.0 Å². The molecular formula is C20H23N3O3S. The Morgan fingerprint density at radius 1 is 1.07 bits per heavy atom. The number of sulfonamides is 1. The molecule has 0 bridgehead atoms. The van der Waals surface area contributed by atoms with Crippen LogP contribution in [0.4, 0.5) is 5.69 Å². The van der Waals surface area contributed by atoms with Crippen molar-refractivity contribution in [2.45, 2.75) is 37.6 Å². The van der Waals surface area contributed by atoms with E-state index >= 15 is 0 Å². The van der Waals surface area contributed by atoms with Crippen LogP contribution in [-0.4, -0.2) is 23.3 Å². The number of phenols is 1. The second-order valence-electron chi connectivity index (χ2n) is 7.43. The topological polar surface area (TPSA) is 84.2 Å². The summed E-state index contributed by atoms with van der Waals surface area (Å²) in [6.07, 6.45) is 1.55. The van der Waals surface area contributed by atoms with Crippen LogP contribution in [-0.2, 0) is 22.0 Å². The van der Waals surface area contributed by atoms with E-state index in [0.717, 1.165) is 5.56 Å². The Morgan fingerprint density at radius 3 is 2.41 bits per heavy atom. The van der Waals surface area contributed by atoms with Crippen LogP contribution in [0.2, 0.25) is 0 Å². The van der Waals surface area contributed by atoms with Gasteiger partial charge in [-0.1, -0.05) is 57.2 Å². The van der Waals surface area contributed by atoms with Crippen molar-refractivity contribution in [3.05, 3.63) is 72.1 Å². The summed E-state index contributed by atoms with van der Waals surface area (Å²) >= 11 is 0. The van der Waals surface area contributed by atoms with Crippen LogP contribution in [0.5, 0.6) is 5.75 Å². The van der Waals surface area contributed by atoms with E-state index in [2.05, 4.69) is 9.82 Å². The van der Waals surface area contributed by atoms with Gasteiger partial charge in [-0.05, 0) is 17.7 Å². The monoisotopic (exact) mass is 385 g/mol. The molecule has 0 aliphatic heterocycles. The molecule has 142 valence electrons. The van der Waals surface area contributed by atoms with Crippen molar-refractivity contribution < 1.29 is 13.5 Å². The van der Waals surface area contributed by atoms with Crippen molar-refractivity contribution in [1.82, 2.24) is 9.78 Å². The molecule has 2 aromatic carbocycles. The maximum Gasteiger partial charge on any atom is 0.265 e. The molecule has 0 aliphatic carbocycles. The van der Waals surface area contributed by atoms with Gasteiger partial charge in [0.15, 0.2) is 0 Å². The molecule has 0 aliphatic rings. The smallest absolute Gasteiger partial charge is 0.265 e. The lowest BCUT2D eigenvalue weighted by Gasteiger charge is -2.18. The molecule has 3 aromatic rings. The van der Waals surface area contributed by atoms with Crippen molar-refractivity contribution >= 4 is 15.7 Å². The molecular weight excluding hydrogens is 362 g/mol. The van der Waals surface area contributed by atoms with Crippen LogP contribution in [0, 0.1) is 0 Å². The van der Waals surface area contributed by atoms with Crippen molar-refractivity contribution in [1.29, 1.82) is 0 Å². The van der Waals surface area contributed by atoms with Gasteiger partial charge in [-0.25, -0.2) is 8.42 Å². The average molecular weight is 385 g/mol. The number of phenolic OH excluding ortho intramolecular Hbond substituents is 1. The number of hydrogen-bond donors (Lipinski definition) is 2. The van der Waals surface area contributed by atoms with Crippen molar-refractivity contribution in [3.8, 4) is 5.75 Å². The second-order valence-corrected chi connectivity index (χ2v) is 9.08. The molecule has 0 radical (unpaired) electrons. The van der Waals surface area contributed by atoms with E-state index in [-0.39, 0.29) is 10.6 Å². The van der Waals surface area contributed by atoms with Gasteiger partial charge in [-0.2, -0.15) is 5.10 Å². The molecule has 7 heteroatoms. The number of rotatable bonds is 5. The van der Waals surface area contributed by atoms with Gasteiger partial charge in [0.05, 0.1) is 17.9 Å². The zero-order valence-corrected chi connectivity index (χ0v) is 16.4. The number of benzene rings is 2. The van der Waals surface area contributed by atoms with E-state index in [0.29, 0.717) is 17.9 Å². The zero-order valence-electron chi connectivity index (χ0n) is 15.5. The minimum Gasteiger partial charge on any atom is -0.508 e. The third kappa shape index (κ3) is 4.49. The Kier molecular flexibility index (Phi) is 4.97. The van der Waals surface area contributed by atoms with Crippen molar-refractivity contribution in [3.63, 3.8) is 0 Å². The first kappa shape index (κ1) is 19.0. The predicted octanol–water partition coefficient (Wildman–Crippen LogP) is 3.74. The largest absolute Gasteiger partial charge is 0.508 e. The minimum atomic E-state index is -3.86. The molecule has 3 rings (SSSR count). The SMILES string of the molecule is CC(C)(C)c1nn(Cc2ccccc2)cc1S(=O)(=O)Nc1cccc(O)c1. The van der Waals surface area contributed by atoms with Crippen LogP contribution < -0.4 is 4.72 Å². The van der Waals surface area contributed by atoms with Gasteiger partial charge in [-0.15, -0.1) is 0 Å². The number of anilines is 1. The molecule has 6 nitrogen and oxygen atoms in total. The molecule has 0 spiro atoms. The molecule has 0 saturated heterocycles. The fourth-order valence-electron chi connectivity index (χ4n) is 2.75.